The van der Waals surface area contributed by atoms with Crippen molar-refractivity contribution in [2.24, 2.45) is 0 Å². The van der Waals surface area contributed by atoms with E-state index in [-0.39, 0.29) is 0 Å². The summed E-state index contributed by atoms with van der Waals surface area (Å²) < 4.78 is 6.17. The molecular weight excluding hydrogens is 266 g/mol. The molecule has 90 valence electrons. The molecule has 1 aromatic rings. The minimum atomic E-state index is 0.825. The Morgan fingerprint density at radius 2 is 1.88 bits per heavy atom. The van der Waals surface area contributed by atoms with E-state index in [0.717, 1.165) is 30.6 Å². The minimum Gasteiger partial charge on any atom is -0.385 e. The number of methoxy groups -OCH3 is 1. The first-order chi connectivity index (χ1) is 7.65. The molecule has 0 saturated heterocycles. The van der Waals surface area contributed by atoms with E-state index in [2.05, 4.69) is 47.2 Å². The fourth-order valence-corrected chi connectivity index (χ4v) is 2.46. The Kier molecular flexibility index (Phi) is 6.03. The summed E-state index contributed by atoms with van der Waals surface area (Å²) >= 11 is 3.51. The third kappa shape index (κ3) is 4.24. The summed E-state index contributed by atoms with van der Waals surface area (Å²) in [7, 11) is 1.74. The molecule has 3 heteroatoms. The molecule has 1 aromatic carbocycles. The number of hydrogen-bond donors (Lipinski definition) is 1. The van der Waals surface area contributed by atoms with Crippen molar-refractivity contribution in [2.75, 3.05) is 20.3 Å². The van der Waals surface area contributed by atoms with Gasteiger partial charge >= 0.3 is 0 Å². The van der Waals surface area contributed by atoms with Gasteiger partial charge < -0.3 is 10.1 Å². The molecular formula is C13H20BrNO. The van der Waals surface area contributed by atoms with Crippen LogP contribution in [0.25, 0.3) is 0 Å². The van der Waals surface area contributed by atoms with Gasteiger partial charge in [-0.05, 0) is 55.6 Å². The van der Waals surface area contributed by atoms with Gasteiger partial charge in [0.2, 0.25) is 0 Å². The second-order valence-electron chi connectivity index (χ2n) is 4.04. The van der Waals surface area contributed by atoms with Crippen molar-refractivity contribution >= 4 is 15.9 Å². The van der Waals surface area contributed by atoms with E-state index in [0.29, 0.717) is 0 Å². The van der Waals surface area contributed by atoms with Gasteiger partial charge in [0, 0.05) is 24.7 Å². The third-order valence-corrected chi connectivity index (χ3v) is 3.12. The highest BCUT2D eigenvalue weighted by Gasteiger charge is 2.03. The number of nitrogens with one attached hydrogen (secondary N) is 1. The molecule has 0 amide bonds. The van der Waals surface area contributed by atoms with Crippen molar-refractivity contribution in [3.8, 4) is 0 Å². The molecule has 0 atom stereocenters. The summed E-state index contributed by atoms with van der Waals surface area (Å²) in [6.45, 7) is 7.08. The van der Waals surface area contributed by atoms with Crippen LogP contribution in [0.15, 0.2) is 16.6 Å². The second-order valence-corrected chi connectivity index (χ2v) is 4.96. The van der Waals surface area contributed by atoms with Gasteiger partial charge in [-0.1, -0.05) is 15.9 Å². The molecule has 0 aliphatic heterocycles. The fraction of sp³-hybridized carbons (Fsp3) is 0.538. The topological polar surface area (TPSA) is 21.3 Å². The largest absolute Gasteiger partial charge is 0.385 e. The molecule has 0 unspecified atom stereocenters. The molecule has 0 radical (unpaired) electrons. The zero-order chi connectivity index (χ0) is 12.0. The first-order valence-electron chi connectivity index (χ1n) is 5.60. The fourth-order valence-electron chi connectivity index (χ4n) is 1.77. The van der Waals surface area contributed by atoms with Crippen molar-refractivity contribution in [1.29, 1.82) is 0 Å². The van der Waals surface area contributed by atoms with Gasteiger partial charge in [0.15, 0.2) is 0 Å². The van der Waals surface area contributed by atoms with Gasteiger partial charge in [0.05, 0.1) is 0 Å². The molecule has 0 heterocycles. The molecule has 0 aromatic heterocycles. The smallest absolute Gasteiger partial charge is 0.0474 e. The molecule has 0 saturated carbocycles. The van der Waals surface area contributed by atoms with Crippen LogP contribution >= 0.6 is 15.9 Å². The first kappa shape index (κ1) is 13.7. The quantitative estimate of drug-likeness (QED) is 0.811. The first-order valence-corrected chi connectivity index (χ1v) is 6.39. The highest BCUT2D eigenvalue weighted by atomic mass is 79.9. The summed E-state index contributed by atoms with van der Waals surface area (Å²) in [6, 6.07) is 4.33. The second kappa shape index (κ2) is 7.05. The standard InChI is InChI=1S/C13H20BrNO/c1-10-7-12(14)8-11(2)13(10)9-15-5-4-6-16-3/h7-8,15H,4-6,9H2,1-3H3. The lowest BCUT2D eigenvalue weighted by molar-refractivity contribution is 0.194. The molecule has 16 heavy (non-hydrogen) atoms. The summed E-state index contributed by atoms with van der Waals surface area (Å²) in [5, 5.41) is 3.44. The van der Waals surface area contributed by atoms with Crippen LogP contribution in [-0.4, -0.2) is 20.3 Å². The maximum absolute atomic E-state index is 5.01. The maximum Gasteiger partial charge on any atom is 0.0474 e. The minimum absolute atomic E-state index is 0.825. The van der Waals surface area contributed by atoms with E-state index in [1.54, 1.807) is 7.11 Å². The summed E-state index contributed by atoms with van der Waals surface area (Å²) in [4.78, 5) is 0. The summed E-state index contributed by atoms with van der Waals surface area (Å²) in [5.41, 5.74) is 4.08. The predicted octanol–water partition coefficient (Wildman–Crippen LogP) is 3.19. The van der Waals surface area contributed by atoms with Gasteiger partial charge in [0.1, 0.15) is 0 Å². The van der Waals surface area contributed by atoms with Crippen molar-refractivity contribution in [3.63, 3.8) is 0 Å². The molecule has 1 N–H and O–H groups in total. The zero-order valence-corrected chi connectivity index (χ0v) is 11.9. The Balaban J connectivity index is 2.47. The van der Waals surface area contributed by atoms with E-state index in [9.17, 15) is 0 Å². The molecule has 1 rings (SSSR count). The SMILES string of the molecule is COCCCNCc1c(C)cc(Br)cc1C. The van der Waals surface area contributed by atoms with Crippen LogP contribution in [0.2, 0.25) is 0 Å². The highest BCUT2D eigenvalue weighted by Crippen LogP contribution is 2.20. The van der Waals surface area contributed by atoms with E-state index in [1.807, 2.05) is 0 Å². The molecule has 0 fully saturated rings. The average Bonchev–Trinajstić information content (AvgIpc) is 2.20. The lowest BCUT2D eigenvalue weighted by Gasteiger charge is -2.11. The predicted molar refractivity (Wildman–Crippen MR) is 71.8 cm³/mol. The molecule has 2 nitrogen and oxygen atoms in total. The van der Waals surface area contributed by atoms with Crippen molar-refractivity contribution in [2.45, 2.75) is 26.8 Å². The van der Waals surface area contributed by atoms with Crippen LogP contribution in [0.4, 0.5) is 0 Å². The van der Waals surface area contributed by atoms with Crippen LogP contribution in [0.5, 0.6) is 0 Å². The van der Waals surface area contributed by atoms with Crippen LogP contribution in [-0.2, 0) is 11.3 Å². The molecule has 0 aliphatic rings. The number of hydrogen-bond acceptors (Lipinski definition) is 2. The van der Waals surface area contributed by atoms with Gasteiger partial charge in [-0.2, -0.15) is 0 Å². The highest BCUT2D eigenvalue weighted by molar-refractivity contribution is 9.10. The van der Waals surface area contributed by atoms with Crippen molar-refractivity contribution in [3.05, 3.63) is 33.3 Å². The normalized spacial score (nSPS) is 10.8. The van der Waals surface area contributed by atoms with Crippen LogP contribution in [0.1, 0.15) is 23.1 Å². The zero-order valence-electron chi connectivity index (χ0n) is 10.3. The summed E-state index contributed by atoms with van der Waals surface area (Å²) in [5.74, 6) is 0. The lowest BCUT2D eigenvalue weighted by Crippen LogP contribution is -2.17. The van der Waals surface area contributed by atoms with Gasteiger partial charge in [-0.15, -0.1) is 0 Å². The van der Waals surface area contributed by atoms with Crippen molar-refractivity contribution < 1.29 is 4.74 Å². The Bertz CT molecular complexity index is 316. The lowest BCUT2D eigenvalue weighted by atomic mass is 10.0. The third-order valence-electron chi connectivity index (χ3n) is 2.66. The van der Waals surface area contributed by atoms with E-state index in [1.165, 1.54) is 16.7 Å². The number of benzene rings is 1. The number of aryl methyl sites for hydroxylation is 2. The van der Waals surface area contributed by atoms with E-state index in [4.69, 9.17) is 4.74 Å². The van der Waals surface area contributed by atoms with Crippen LogP contribution < -0.4 is 5.32 Å². The van der Waals surface area contributed by atoms with Crippen LogP contribution in [0, 0.1) is 13.8 Å². The molecule has 0 spiro atoms. The van der Waals surface area contributed by atoms with E-state index >= 15 is 0 Å². The number of rotatable bonds is 6. The number of halogens is 1. The molecule has 0 aliphatic carbocycles. The maximum atomic E-state index is 5.01. The van der Waals surface area contributed by atoms with E-state index < -0.39 is 0 Å². The Hall–Kier alpha value is -0.380. The monoisotopic (exact) mass is 285 g/mol. The van der Waals surface area contributed by atoms with Gasteiger partial charge in [-0.25, -0.2) is 0 Å². The Morgan fingerprint density at radius 3 is 2.44 bits per heavy atom. The summed E-state index contributed by atoms with van der Waals surface area (Å²) in [6.07, 6.45) is 1.06. The van der Waals surface area contributed by atoms with Gasteiger partial charge in [-0.3, -0.25) is 0 Å². The Morgan fingerprint density at radius 1 is 1.25 bits per heavy atom. The van der Waals surface area contributed by atoms with Crippen molar-refractivity contribution in [1.82, 2.24) is 5.32 Å². The Labute approximate surface area is 107 Å². The van der Waals surface area contributed by atoms with Crippen LogP contribution in [0.3, 0.4) is 0 Å². The number of ether oxygens (including phenoxy) is 1. The van der Waals surface area contributed by atoms with Gasteiger partial charge in [0.25, 0.3) is 0 Å². The molecule has 0 bridgehead atoms. The average molecular weight is 286 g/mol.